The first-order chi connectivity index (χ1) is 22.6. The number of unbranched alkanes of at least 4 members (excludes halogenated alkanes) is 1. The van der Waals surface area contributed by atoms with Crippen LogP contribution in [0.2, 0.25) is 0 Å². The van der Waals surface area contributed by atoms with Crippen LogP contribution in [-0.4, -0.2) is 67.1 Å². The van der Waals surface area contributed by atoms with E-state index in [2.05, 4.69) is 15.0 Å². The van der Waals surface area contributed by atoms with Gasteiger partial charge < -0.3 is 40.3 Å². The third kappa shape index (κ3) is 10.1. The normalized spacial score (nSPS) is 13.4. The largest absolute Gasteiger partial charge is 0.490 e. The van der Waals surface area contributed by atoms with Crippen molar-refractivity contribution in [2.75, 3.05) is 32.9 Å². The fourth-order valence-corrected chi connectivity index (χ4v) is 4.51. The summed E-state index contributed by atoms with van der Waals surface area (Å²) in [5.74, 6) is -4.78. The molecule has 12 nitrogen and oxygen atoms in total. The van der Waals surface area contributed by atoms with Crippen LogP contribution in [0, 0.1) is 11.6 Å². The Morgan fingerprint density at radius 2 is 1.77 bits per heavy atom. The molecule has 1 aliphatic heterocycles. The van der Waals surface area contributed by atoms with Gasteiger partial charge in [0.15, 0.2) is 23.0 Å². The van der Waals surface area contributed by atoms with E-state index >= 15 is 0 Å². The molecule has 0 spiro atoms. The molecule has 0 radical (unpaired) electrons. The second-order valence-electron chi connectivity index (χ2n) is 9.81. The number of hydrogen-bond acceptors (Lipinski definition) is 9. The summed E-state index contributed by atoms with van der Waals surface area (Å²) < 4.78 is 74.9. The predicted octanol–water partition coefficient (Wildman–Crippen LogP) is 4.07. The van der Waals surface area contributed by atoms with E-state index in [0.29, 0.717) is 45.2 Å². The van der Waals surface area contributed by atoms with Crippen molar-refractivity contribution in [3.8, 4) is 23.0 Å². The summed E-state index contributed by atoms with van der Waals surface area (Å²) in [4.78, 5) is 43.3. The number of morpholine rings is 1. The molecule has 5 N–H and O–H groups in total. The van der Waals surface area contributed by atoms with E-state index in [1.165, 1.54) is 18.2 Å². The van der Waals surface area contributed by atoms with Crippen molar-refractivity contribution in [2.45, 2.75) is 52.3 Å². The van der Waals surface area contributed by atoms with E-state index in [0.717, 1.165) is 12.1 Å². The highest BCUT2D eigenvalue weighted by molar-refractivity contribution is 5.97. The van der Waals surface area contributed by atoms with E-state index in [-0.39, 0.29) is 65.5 Å². The second kappa shape index (κ2) is 17.9. The van der Waals surface area contributed by atoms with Crippen LogP contribution >= 0.6 is 0 Å². The van der Waals surface area contributed by atoms with Gasteiger partial charge in [-0.2, -0.15) is 8.78 Å². The molecule has 3 aromatic rings. The zero-order valence-corrected chi connectivity index (χ0v) is 25.9. The number of nitrogens with two attached hydrogens (primary N) is 2. The summed E-state index contributed by atoms with van der Waals surface area (Å²) in [5.41, 5.74) is 10.5. The first kappa shape index (κ1) is 36.8. The SMILES string of the molecule is CC.NCc1oc(-c2ccc(OC(F)F)c(OCCCCC(=O)N3CCOCC3)c2)nc1C(=O)NC(C(N)=O)c1ccc(F)cc1F. The molecule has 3 amide bonds. The third-order valence-electron chi connectivity index (χ3n) is 6.74. The molecule has 256 valence electrons. The highest BCUT2D eigenvalue weighted by Gasteiger charge is 2.28. The number of primary amides is 1. The molecule has 1 atom stereocenters. The molecule has 1 aromatic heterocycles. The smallest absolute Gasteiger partial charge is 0.387 e. The van der Waals surface area contributed by atoms with Crippen LogP contribution in [0.5, 0.6) is 11.5 Å². The number of amides is 3. The van der Waals surface area contributed by atoms with E-state index in [4.69, 9.17) is 25.4 Å². The van der Waals surface area contributed by atoms with Gasteiger partial charge in [0.05, 0.1) is 26.4 Å². The summed E-state index contributed by atoms with van der Waals surface area (Å²) >= 11 is 0. The number of halogens is 4. The lowest BCUT2D eigenvalue weighted by Crippen LogP contribution is -2.40. The third-order valence-corrected chi connectivity index (χ3v) is 6.74. The summed E-state index contributed by atoms with van der Waals surface area (Å²) in [6.07, 6.45) is 1.22. The molecule has 1 aliphatic rings. The number of aromatic nitrogens is 1. The quantitative estimate of drug-likeness (QED) is 0.169. The fourth-order valence-electron chi connectivity index (χ4n) is 4.51. The van der Waals surface area contributed by atoms with Gasteiger partial charge in [-0.3, -0.25) is 14.4 Å². The zero-order chi connectivity index (χ0) is 34.5. The van der Waals surface area contributed by atoms with Gasteiger partial charge in [-0.15, -0.1) is 0 Å². The molecule has 1 unspecified atom stereocenters. The molecule has 0 aliphatic carbocycles. The molecule has 0 bridgehead atoms. The van der Waals surface area contributed by atoms with Crippen LogP contribution in [-0.2, 0) is 20.9 Å². The van der Waals surface area contributed by atoms with Crippen molar-refractivity contribution in [2.24, 2.45) is 11.5 Å². The number of alkyl halides is 2. The lowest BCUT2D eigenvalue weighted by Gasteiger charge is -2.26. The molecule has 47 heavy (non-hydrogen) atoms. The van der Waals surface area contributed by atoms with Crippen molar-refractivity contribution >= 4 is 17.7 Å². The molecule has 2 aromatic carbocycles. The molecule has 4 rings (SSSR count). The van der Waals surface area contributed by atoms with Crippen molar-refractivity contribution in [3.05, 3.63) is 65.1 Å². The summed E-state index contributed by atoms with van der Waals surface area (Å²) in [6, 6.07) is 4.55. The second-order valence-corrected chi connectivity index (χ2v) is 9.81. The first-order valence-corrected chi connectivity index (χ1v) is 14.9. The lowest BCUT2D eigenvalue weighted by atomic mass is 10.1. The number of nitrogens with one attached hydrogen (secondary N) is 1. The number of ether oxygens (including phenoxy) is 3. The molecule has 1 fully saturated rings. The first-order valence-electron chi connectivity index (χ1n) is 14.9. The maximum Gasteiger partial charge on any atom is 0.387 e. The minimum Gasteiger partial charge on any atom is -0.490 e. The predicted molar refractivity (Wildman–Crippen MR) is 160 cm³/mol. The maximum atomic E-state index is 14.3. The van der Waals surface area contributed by atoms with Gasteiger partial charge >= 0.3 is 6.61 Å². The average molecular weight is 668 g/mol. The average Bonchev–Trinajstić information content (AvgIpc) is 3.50. The van der Waals surface area contributed by atoms with E-state index in [1.54, 1.807) is 4.90 Å². The van der Waals surface area contributed by atoms with Crippen molar-refractivity contribution < 1.29 is 50.6 Å². The summed E-state index contributed by atoms with van der Waals surface area (Å²) in [6.45, 7) is 2.66. The number of rotatable bonds is 14. The summed E-state index contributed by atoms with van der Waals surface area (Å²) in [7, 11) is 0. The van der Waals surface area contributed by atoms with Gasteiger partial charge in [-0.05, 0) is 37.1 Å². The monoisotopic (exact) mass is 667 g/mol. The Labute approximate surface area is 268 Å². The number of carbonyl (C=O) groups excluding carboxylic acids is 3. The Kier molecular flexibility index (Phi) is 14.0. The highest BCUT2D eigenvalue weighted by atomic mass is 19.3. The van der Waals surface area contributed by atoms with Crippen LogP contribution in [0.3, 0.4) is 0 Å². The molecule has 1 saturated heterocycles. The number of benzene rings is 2. The van der Waals surface area contributed by atoms with Gasteiger partial charge in [0.25, 0.3) is 5.91 Å². The lowest BCUT2D eigenvalue weighted by molar-refractivity contribution is -0.135. The highest BCUT2D eigenvalue weighted by Crippen LogP contribution is 2.34. The Morgan fingerprint density at radius 1 is 1.04 bits per heavy atom. The molecule has 0 saturated carbocycles. The Bertz CT molecular complexity index is 1520. The molecular formula is C31H37F4N5O7. The van der Waals surface area contributed by atoms with Gasteiger partial charge in [-0.1, -0.05) is 19.9 Å². The number of nitrogens with zero attached hydrogens (tertiary/aromatic N) is 2. The van der Waals surface area contributed by atoms with E-state index in [1.807, 2.05) is 13.8 Å². The minimum absolute atomic E-state index is 0.00795. The van der Waals surface area contributed by atoms with Crippen LogP contribution in [0.1, 0.15) is 61.0 Å². The number of carbonyl (C=O) groups is 3. The van der Waals surface area contributed by atoms with E-state index in [9.17, 15) is 31.9 Å². The molecular weight excluding hydrogens is 630 g/mol. The van der Waals surface area contributed by atoms with Crippen LogP contribution in [0.15, 0.2) is 40.8 Å². The fraction of sp³-hybridized carbons (Fsp3) is 0.419. The minimum atomic E-state index is -3.14. The van der Waals surface area contributed by atoms with Gasteiger partial charge in [0.1, 0.15) is 17.7 Å². The van der Waals surface area contributed by atoms with Gasteiger partial charge in [0, 0.05) is 36.7 Å². The van der Waals surface area contributed by atoms with E-state index < -0.39 is 36.1 Å². The van der Waals surface area contributed by atoms with Gasteiger partial charge in [0.2, 0.25) is 17.7 Å². The summed E-state index contributed by atoms with van der Waals surface area (Å²) in [5, 5.41) is 2.24. The Morgan fingerprint density at radius 3 is 2.40 bits per heavy atom. The Balaban J connectivity index is 0.00000294. The molecule has 2 heterocycles. The Hall–Kier alpha value is -4.70. The number of oxazole rings is 1. The van der Waals surface area contributed by atoms with Crippen molar-refractivity contribution in [1.82, 2.24) is 15.2 Å². The van der Waals surface area contributed by atoms with Crippen molar-refractivity contribution in [1.29, 1.82) is 0 Å². The maximum absolute atomic E-state index is 14.3. The number of hydrogen-bond donors (Lipinski definition) is 3. The topological polar surface area (TPSA) is 172 Å². The van der Waals surface area contributed by atoms with Crippen LogP contribution in [0.25, 0.3) is 11.5 Å². The van der Waals surface area contributed by atoms with Gasteiger partial charge in [-0.25, -0.2) is 13.8 Å². The van der Waals surface area contributed by atoms with Crippen LogP contribution in [0.4, 0.5) is 17.6 Å². The molecule has 16 heteroatoms. The zero-order valence-electron chi connectivity index (χ0n) is 25.9. The van der Waals surface area contributed by atoms with Crippen molar-refractivity contribution in [3.63, 3.8) is 0 Å². The van der Waals surface area contributed by atoms with Crippen LogP contribution < -0.4 is 26.3 Å². The standard InChI is InChI=1S/C29H31F4N5O7.C2H6/c30-17-5-6-18(19(31)14-17)24(26(35)40)36-27(41)25-22(15-34)44-28(37-25)16-4-7-20(45-29(32)33)21(13-16)43-10-2-1-3-23(39)38-8-11-42-12-9-38;1-2/h4-7,13-14,24,29H,1-3,8-12,15,34H2,(H2,35,40)(H,36,41);1-2H3.